The summed E-state index contributed by atoms with van der Waals surface area (Å²) in [7, 11) is 0. The van der Waals surface area contributed by atoms with Crippen LogP contribution in [0.15, 0.2) is 12.1 Å². The van der Waals surface area contributed by atoms with E-state index in [2.05, 4.69) is 0 Å². The topological polar surface area (TPSA) is 18.5 Å². The molecule has 0 saturated carbocycles. The molecule has 0 saturated heterocycles. The number of ether oxygens (including phenoxy) is 2. The summed E-state index contributed by atoms with van der Waals surface area (Å²) in [5, 5.41) is 0. The van der Waals surface area contributed by atoms with Crippen molar-refractivity contribution in [1.82, 2.24) is 0 Å². The Hall–Kier alpha value is -1.25. The summed E-state index contributed by atoms with van der Waals surface area (Å²) in [5.41, 5.74) is 0.511. The first-order chi connectivity index (χ1) is 5.68. The quantitative estimate of drug-likeness (QED) is 0.591. The fraction of sp³-hybridized carbons (Fsp3) is 0.333. The highest BCUT2D eigenvalue weighted by atomic mass is 19.1. The molecule has 1 heterocycles. The van der Waals surface area contributed by atoms with Crippen molar-refractivity contribution in [1.29, 1.82) is 0 Å². The summed E-state index contributed by atoms with van der Waals surface area (Å²) >= 11 is 0. The smallest absolute Gasteiger partial charge is 0.238 e. The monoisotopic (exact) mass is 168 g/mol. The maximum atomic E-state index is 13.0. The van der Waals surface area contributed by atoms with E-state index in [1.54, 1.807) is 19.9 Å². The molecule has 1 aliphatic rings. The third kappa shape index (κ3) is 0.932. The van der Waals surface area contributed by atoms with E-state index in [-0.39, 0.29) is 12.1 Å². The van der Waals surface area contributed by atoms with Crippen LogP contribution < -0.4 is 9.47 Å². The van der Waals surface area contributed by atoms with E-state index in [1.807, 2.05) is 0 Å². The van der Waals surface area contributed by atoms with Crippen LogP contribution >= 0.6 is 0 Å². The Morgan fingerprint density at radius 3 is 2.83 bits per heavy atom. The molecule has 0 fully saturated rings. The second-order valence-corrected chi connectivity index (χ2v) is 2.80. The molecule has 2 nitrogen and oxygen atoms in total. The molecular formula is C9H9FO2. The minimum atomic E-state index is -0.305. The molecule has 0 amide bonds. The van der Waals surface area contributed by atoms with Crippen LogP contribution in [0.5, 0.6) is 11.5 Å². The normalized spacial score (nSPS) is 19.8. The Morgan fingerprint density at radius 2 is 2.08 bits per heavy atom. The van der Waals surface area contributed by atoms with Gasteiger partial charge in [-0.15, -0.1) is 0 Å². The van der Waals surface area contributed by atoms with Gasteiger partial charge >= 0.3 is 0 Å². The molecule has 0 bridgehead atoms. The Bertz CT molecular complexity index is 323. The van der Waals surface area contributed by atoms with Crippen LogP contribution in [0.25, 0.3) is 0 Å². The molecule has 12 heavy (non-hydrogen) atoms. The van der Waals surface area contributed by atoms with E-state index >= 15 is 0 Å². The van der Waals surface area contributed by atoms with Gasteiger partial charge in [-0.1, -0.05) is 0 Å². The first-order valence-electron chi connectivity index (χ1n) is 3.81. The van der Waals surface area contributed by atoms with Gasteiger partial charge in [-0.05, 0) is 19.1 Å². The molecule has 1 atom stereocenters. The van der Waals surface area contributed by atoms with Gasteiger partial charge in [0, 0.05) is 12.5 Å². The van der Waals surface area contributed by atoms with Gasteiger partial charge < -0.3 is 9.47 Å². The Balaban J connectivity index is 2.54. The van der Waals surface area contributed by atoms with Crippen molar-refractivity contribution in [2.45, 2.75) is 20.1 Å². The van der Waals surface area contributed by atoms with Crippen LogP contribution in [0.2, 0.25) is 0 Å². The zero-order valence-corrected chi connectivity index (χ0v) is 6.93. The molecule has 0 radical (unpaired) electrons. The molecule has 0 aromatic heterocycles. The molecule has 1 unspecified atom stereocenters. The van der Waals surface area contributed by atoms with E-state index in [9.17, 15) is 4.39 Å². The van der Waals surface area contributed by atoms with Crippen molar-refractivity contribution in [3.05, 3.63) is 23.5 Å². The zero-order valence-electron chi connectivity index (χ0n) is 6.93. The lowest BCUT2D eigenvalue weighted by Crippen LogP contribution is -2.11. The number of fused-ring (bicyclic) bond motifs is 1. The maximum absolute atomic E-state index is 13.0. The van der Waals surface area contributed by atoms with Gasteiger partial charge in [0.2, 0.25) is 6.29 Å². The lowest BCUT2D eigenvalue weighted by atomic mass is 10.2. The molecule has 2 rings (SSSR count). The van der Waals surface area contributed by atoms with Gasteiger partial charge in [-0.25, -0.2) is 4.39 Å². The molecule has 0 spiro atoms. The first-order valence-corrected chi connectivity index (χ1v) is 3.81. The fourth-order valence-corrected chi connectivity index (χ4v) is 1.25. The molecule has 1 aromatic carbocycles. The minimum absolute atomic E-state index is 0.258. The van der Waals surface area contributed by atoms with Gasteiger partial charge in [-0.3, -0.25) is 0 Å². The summed E-state index contributed by atoms with van der Waals surface area (Å²) in [6.45, 7) is 3.45. The van der Waals surface area contributed by atoms with Gasteiger partial charge in [0.15, 0.2) is 11.5 Å². The summed E-state index contributed by atoms with van der Waals surface area (Å²) in [5.74, 6) is 0.898. The lowest BCUT2D eigenvalue weighted by molar-refractivity contribution is 0.0674. The van der Waals surface area contributed by atoms with Crippen molar-refractivity contribution < 1.29 is 13.9 Å². The van der Waals surface area contributed by atoms with Gasteiger partial charge in [0.1, 0.15) is 5.82 Å². The van der Waals surface area contributed by atoms with Gasteiger partial charge in [0.25, 0.3) is 0 Å². The SMILES string of the molecule is Cc1c(F)ccc2c1OC(C)O2. The predicted molar refractivity (Wildman–Crippen MR) is 41.9 cm³/mol. The average molecular weight is 168 g/mol. The molecule has 0 aliphatic carbocycles. The maximum Gasteiger partial charge on any atom is 0.238 e. The Morgan fingerprint density at radius 1 is 1.33 bits per heavy atom. The van der Waals surface area contributed by atoms with Crippen LogP contribution in [0, 0.1) is 12.7 Å². The number of hydrogen-bond donors (Lipinski definition) is 0. The summed E-state index contributed by atoms with van der Waals surface area (Å²) in [6, 6.07) is 2.97. The van der Waals surface area contributed by atoms with Crippen molar-refractivity contribution in [3.63, 3.8) is 0 Å². The predicted octanol–water partition coefficient (Wildman–Crippen LogP) is 2.25. The lowest BCUT2D eigenvalue weighted by Gasteiger charge is -2.01. The van der Waals surface area contributed by atoms with E-state index in [0.29, 0.717) is 17.1 Å². The molecule has 1 aliphatic heterocycles. The Labute approximate surface area is 69.9 Å². The highest BCUT2D eigenvalue weighted by molar-refractivity contribution is 5.48. The standard InChI is InChI=1S/C9H9FO2/c1-5-7(10)3-4-8-9(5)12-6(2)11-8/h3-4,6H,1-2H3. The van der Waals surface area contributed by atoms with Crippen LogP contribution in [-0.2, 0) is 0 Å². The van der Waals surface area contributed by atoms with E-state index in [4.69, 9.17) is 9.47 Å². The second-order valence-electron chi connectivity index (χ2n) is 2.80. The summed E-state index contributed by atoms with van der Waals surface area (Å²) < 4.78 is 23.5. The van der Waals surface area contributed by atoms with Crippen LogP contribution in [0.3, 0.4) is 0 Å². The Kier molecular flexibility index (Phi) is 1.46. The molecule has 1 aromatic rings. The molecule has 0 N–H and O–H groups in total. The summed E-state index contributed by atoms with van der Waals surface area (Å²) in [6.07, 6.45) is -0.305. The van der Waals surface area contributed by atoms with Crippen LogP contribution in [0.4, 0.5) is 4.39 Å². The van der Waals surface area contributed by atoms with Gasteiger partial charge in [0.05, 0.1) is 0 Å². The molecule has 64 valence electrons. The average Bonchev–Trinajstić information content (AvgIpc) is 2.39. The first kappa shape index (κ1) is 7.40. The number of hydrogen-bond acceptors (Lipinski definition) is 2. The second kappa shape index (κ2) is 2.37. The van der Waals surface area contributed by atoms with Crippen molar-refractivity contribution in [2.24, 2.45) is 0 Å². The van der Waals surface area contributed by atoms with Crippen molar-refractivity contribution in [3.8, 4) is 11.5 Å². The van der Waals surface area contributed by atoms with E-state index in [0.717, 1.165) is 0 Å². The van der Waals surface area contributed by atoms with Crippen LogP contribution in [0.1, 0.15) is 12.5 Å². The number of halogens is 1. The summed E-state index contributed by atoms with van der Waals surface area (Å²) in [4.78, 5) is 0. The highest BCUT2D eigenvalue weighted by Gasteiger charge is 2.23. The van der Waals surface area contributed by atoms with E-state index in [1.165, 1.54) is 6.07 Å². The minimum Gasteiger partial charge on any atom is -0.451 e. The van der Waals surface area contributed by atoms with Crippen molar-refractivity contribution >= 4 is 0 Å². The van der Waals surface area contributed by atoms with Crippen molar-refractivity contribution in [2.75, 3.05) is 0 Å². The largest absolute Gasteiger partial charge is 0.451 e. The van der Waals surface area contributed by atoms with Gasteiger partial charge in [-0.2, -0.15) is 0 Å². The molecule has 3 heteroatoms. The zero-order chi connectivity index (χ0) is 8.72. The van der Waals surface area contributed by atoms with E-state index < -0.39 is 0 Å². The highest BCUT2D eigenvalue weighted by Crippen LogP contribution is 2.38. The fourth-order valence-electron chi connectivity index (χ4n) is 1.25. The van der Waals surface area contributed by atoms with Crippen LogP contribution in [-0.4, -0.2) is 6.29 Å². The number of benzene rings is 1. The third-order valence-electron chi connectivity index (χ3n) is 1.88. The molecular weight excluding hydrogens is 159 g/mol. The number of rotatable bonds is 0. The third-order valence-corrected chi connectivity index (χ3v) is 1.88.